The van der Waals surface area contributed by atoms with Crippen molar-refractivity contribution in [1.29, 1.82) is 0 Å². The largest absolute Gasteiger partial charge is 0.393 e. The van der Waals surface area contributed by atoms with Crippen molar-refractivity contribution in [3.8, 4) is 0 Å². The van der Waals surface area contributed by atoms with Gasteiger partial charge in [0.15, 0.2) is 5.69 Å². The minimum Gasteiger partial charge on any atom is -0.393 e. The van der Waals surface area contributed by atoms with Gasteiger partial charge in [-0.25, -0.2) is 0 Å². The molecular weight excluding hydrogens is 244 g/mol. The number of piperidine rings is 1. The Kier molecular flexibility index (Phi) is 3.45. The molecular formula is C9H12N4OS2. The Labute approximate surface area is 103 Å². The third-order valence-corrected chi connectivity index (χ3v) is 3.60. The lowest BCUT2D eigenvalue weighted by atomic mass is 9.97. The van der Waals surface area contributed by atoms with Gasteiger partial charge in [0.25, 0.3) is 5.91 Å². The normalized spacial score (nSPS) is 17.4. The van der Waals surface area contributed by atoms with Gasteiger partial charge in [0.05, 0.1) is 4.99 Å². The van der Waals surface area contributed by atoms with Gasteiger partial charge in [-0.1, -0.05) is 16.7 Å². The highest BCUT2D eigenvalue weighted by molar-refractivity contribution is 7.80. The van der Waals surface area contributed by atoms with E-state index in [4.69, 9.17) is 18.0 Å². The van der Waals surface area contributed by atoms with Crippen LogP contribution in [0.3, 0.4) is 0 Å². The van der Waals surface area contributed by atoms with Crippen molar-refractivity contribution in [3.05, 3.63) is 11.1 Å². The van der Waals surface area contributed by atoms with Crippen LogP contribution in [0.4, 0.5) is 0 Å². The Hall–Kier alpha value is -1.08. The Morgan fingerprint density at radius 2 is 2.25 bits per heavy atom. The van der Waals surface area contributed by atoms with Gasteiger partial charge < -0.3 is 10.6 Å². The van der Waals surface area contributed by atoms with Crippen molar-refractivity contribution in [2.45, 2.75) is 12.8 Å². The Bertz CT molecular complexity index is 384. The van der Waals surface area contributed by atoms with E-state index in [0.717, 1.165) is 12.8 Å². The summed E-state index contributed by atoms with van der Waals surface area (Å²) in [5.41, 5.74) is 6.02. The molecule has 0 radical (unpaired) electrons. The molecule has 0 atom stereocenters. The summed E-state index contributed by atoms with van der Waals surface area (Å²) in [5, 5.41) is 5.44. The van der Waals surface area contributed by atoms with Crippen molar-refractivity contribution in [2.75, 3.05) is 13.1 Å². The third kappa shape index (κ3) is 2.35. The SMILES string of the molecule is NC(=S)C1CCN(C(=O)c2csnn2)CC1. The summed E-state index contributed by atoms with van der Waals surface area (Å²) in [7, 11) is 0. The minimum atomic E-state index is -0.0462. The van der Waals surface area contributed by atoms with Crippen LogP contribution in [0.2, 0.25) is 0 Å². The monoisotopic (exact) mass is 256 g/mol. The van der Waals surface area contributed by atoms with E-state index < -0.39 is 0 Å². The van der Waals surface area contributed by atoms with Crippen LogP contribution in [0.1, 0.15) is 23.3 Å². The lowest BCUT2D eigenvalue weighted by Gasteiger charge is -2.30. The molecule has 1 amide bonds. The van der Waals surface area contributed by atoms with Crippen LogP contribution in [0, 0.1) is 5.92 Å². The predicted octanol–water partition coefficient (Wildman–Crippen LogP) is 0.676. The third-order valence-electron chi connectivity index (χ3n) is 2.76. The van der Waals surface area contributed by atoms with Crippen molar-refractivity contribution in [2.24, 2.45) is 11.7 Å². The fourth-order valence-corrected chi connectivity index (χ4v) is 2.45. The smallest absolute Gasteiger partial charge is 0.275 e. The first-order valence-electron chi connectivity index (χ1n) is 5.04. The van der Waals surface area contributed by atoms with Crippen molar-refractivity contribution >= 4 is 34.6 Å². The molecule has 1 aliphatic rings. The number of amides is 1. The first-order chi connectivity index (χ1) is 7.68. The number of hydrogen-bond acceptors (Lipinski definition) is 5. The molecule has 7 heteroatoms. The van der Waals surface area contributed by atoms with E-state index in [1.165, 1.54) is 11.5 Å². The van der Waals surface area contributed by atoms with Gasteiger partial charge in [-0.3, -0.25) is 4.79 Å². The Morgan fingerprint density at radius 1 is 1.56 bits per heavy atom. The average molecular weight is 256 g/mol. The molecule has 0 bridgehead atoms. The molecule has 1 aromatic rings. The molecule has 2 rings (SSSR count). The molecule has 5 nitrogen and oxygen atoms in total. The lowest BCUT2D eigenvalue weighted by molar-refractivity contribution is 0.0704. The number of hydrogen-bond donors (Lipinski definition) is 1. The zero-order chi connectivity index (χ0) is 11.5. The number of thiocarbonyl (C=S) groups is 1. The number of carbonyl (C=O) groups is 1. The highest BCUT2D eigenvalue weighted by Crippen LogP contribution is 2.18. The molecule has 0 aromatic carbocycles. The quantitative estimate of drug-likeness (QED) is 0.788. The number of nitrogens with two attached hydrogens (primary N) is 1. The van der Waals surface area contributed by atoms with Crippen molar-refractivity contribution < 1.29 is 4.79 Å². The van der Waals surface area contributed by atoms with Gasteiger partial charge in [0.1, 0.15) is 0 Å². The lowest BCUT2D eigenvalue weighted by Crippen LogP contribution is -2.41. The van der Waals surface area contributed by atoms with E-state index in [1.54, 1.807) is 10.3 Å². The maximum atomic E-state index is 11.9. The van der Waals surface area contributed by atoms with Crippen LogP contribution in [0.5, 0.6) is 0 Å². The molecule has 1 saturated heterocycles. The molecule has 2 N–H and O–H groups in total. The standard InChI is InChI=1S/C9H12N4OS2/c10-8(15)6-1-3-13(4-2-6)9(14)7-5-16-12-11-7/h5-6H,1-4H2,(H2,10,15). The second-order valence-corrected chi connectivity index (χ2v) is 4.84. The molecule has 16 heavy (non-hydrogen) atoms. The molecule has 0 spiro atoms. The topological polar surface area (TPSA) is 72.1 Å². The van der Waals surface area contributed by atoms with Crippen LogP contribution in [0.15, 0.2) is 5.38 Å². The minimum absolute atomic E-state index is 0.0462. The number of likely N-dealkylation sites (tertiary alicyclic amines) is 1. The number of aromatic nitrogens is 2. The summed E-state index contributed by atoms with van der Waals surface area (Å²) in [4.78, 5) is 14.2. The van der Waals surface area contributed by atoms with E-state index in [0.29, 0.717) is 23.8 Å². The van der Waals surface area contributed by atoms with Gasteiger partial charge in [-0.2, -0.15) is 0 Å². The second kappa shape index (κ2) is 4.84. The summed E-state index contributed by atoms with van der Waals surface area (Å²) >= 11 is 6.14. The van der Waals surface area contributed by atoms with Gasteiger partial charge in [-0.15, -0.1) is 5.10 Å². The summed E-state index contributed by atoms with van der Waals surface area (Å²) in [5.74, 6) is 0.225. The van der Waals surface area contributed by atoms with Crippen molar-refractivity contribution in [3.63, 3.8) is 0 Å². The van der Waals surface area contributed by atoms with Crippen LogP contribution in [-0.2, 0) is 0 Å². The zero-order valence-electron chi connectivity index (χ0n) is 8.63. The van der Waals surface area contributed by atoms with Gasteiger partial charge in [0.2, 0.25) is 0 Å². The van der Waals surface area contributed by atoms with Gasteiger partial charge in [-0.05, 0) is 24.4 Å². The Morgan fingerprint density at radius 3 is 2.75 bits per heavy atom. The number of nitrogens with zero attached hydrogens (tertiary/aromatic N) is 3. The maximum absolute atomic E-state index is 11.9. The molecule has 1 aromatic heterocycles. The van der Waals surface area contributed by atoms with Crippen LogP contribution < -0.4 is 5.73 Å². The first kappa shape index (κ1) is 11.4. The van der Waals surface area contributed by atoms with E-state index in [9.17, 15) is 4.79 Å². The molecule has 0 saturated carbocycles. The molecule has 0 aliphatic carbocycles. The highest BCUT2D eigenvalue weighted by Gasteiger charge is 2.25. The Balaban J connectivity index is 1.94. The van der Waals surface area contributed by atoms with Crippen molar-refractivity contribution in [1.82, 2.24) is 14.5 Å². The summed E-state index contributed by atoms with van der Waals surface area (Å²) in [6, 6.07) is 0. The summed E-state index contributed by atoms with van der Waals surface area (Å²) in [6.07, 6.45) is 1.69. The van der Waals surface area contributed by atoms with E-state index in [1.807, 2.05) is 0 Å². The van der Waals surface area contributed by atoms with Gasteiger partial charge in [0, 0.05) is 24.4 Å². The van der Waals surface area contributed by atoms with Crippen LogP contribution in [0.25, 0.3) is 0 Å². The molecule has 1 aliphatic heterocycles. The molecule has 0 unspecified atom stereocenters. The van der Waals surface area contributed by atoms with E-state index in [-0.39, 0.29) is 11.8 Å². The molecule has 86 valence electrons. The fraction of sp³-hybridized carbons (Fsp3) is 0.556. The summed E-state index contributed by atoms with van der Waals surface area (Å²) in [6.45, 7) is 1.39. The zero-order valence-corrected chi connectivity index (χ0v) is 10.3. The maximum Gasteiger partial charge on any atom is 0.275 e. The predicted molar refractivity (Wildman–Crippen MR) is 65.3 cm³/mol. The second-order valence-electron chi connectivity index (χ2n) is 3.76. The fourth-order valence-electron chi connectivity index (χ4n) is 1.79. The highest BCUT2D eigenvalue weighted by atomic mass is 32.1. The average Bonchev–Trinajstić information content (AvgIpc) is 2.81. The summed E-state index contributed by atoms with van der Waals surface area (Å²) < 4.78 is 3.68. The molecule has 1 fully saturated rings. The van der Waals surface area contributed by atoms with E-state index >= 15 is 0 Å². The van der Waals surface area contributed by atoms with E-state index in [2.05, 4.69) is 9.59 Å². The number of rotatable bonds is 2. The van der Waals surface area contributed by atoms with Crippen LogP contribution >= 0.6 is 23.8 Å². The first-order valence-corrected chi connectivity index (χ1v) is 6.28. The van der Waals surface area contributed by atoms with Crippen LogP contribution in [-0.4, -0.2) is 38.5 Å². The molecule has 2 heterocycles. The number of carbonyl (C=O) groups excluding carboxylic acids is 1. The van der Waals surface area contributed by atoms with Gasteiger partial charge >= 0.3 is 0 Å².